The fourth-order valence-corrected chi connectivity index (χ4v) is 1.25. The number of hydrogen-bond donors (Lipinski definition) is 1. The zero-order valence-corrected chi connectivity index (χ0v) is 11.6. The maximum absolute atomic E-state index is 11.4. The van der Waals surface area contributed by atoms with Crippen molar-refractivity contribution in [1.29, 1.82) is 0 Å². The van der Waals surface area contributed by atoms with Crippen molar-refractivity contribution in [3.63, 3.8) is 0 Å². The van der Waals surface area contributed by atoms with Crippen LogP contribution in [0, 0.1) is 0 Å². The minimum absolute atomic E-state index is 0. The Bertz CT molecular complexity index is 365. The molecule has 0 saturated heterocycles. The van der Waals surface area contributed by atoms with Crippen LogP contribution < -0.4 is 0 Å². The van der Waals surface area contributed by atoms with Gasteiger partial charge >= 0.3 is 5.97 Å². The fourth-order valence-electron chi connectivity index (χ4n) is 1.06. The van der Waals surface area contributed by atoms with E-state index in [1.807, 2.05) is 0 Å². The van der Waals surface area contributed by atoms with Gasteiger partial charge < -0.3 is 4.74 Å². The van der Waals surface area contributed by atoms with Gasteiger partial charge in [-0.2, -0.15) is 0 Å². The van der Waals surface area contributed by atoms with E-state index < -0.39 is 11.1 Å². The number of rotatable bonds is 3. The van der Waals surface area contributed by atoms with Crippen molar-refractivity contribution in [2.45, 2.75) is 6.92 Å². The van der Waals surface area contributed by atoms with Crippen molar-refractivity contribution in [2.24, 2.45) is 0 Å². The van der Waals surface area contributed by atoms with Crippen LogP contribution in [-0.2, 0) is 4.74 Å². The number of benzene rings is 1. The molecule has 1 aromatic rings. The van der Waals surface area contributed by atoms with Crippen LogP contribution in [0.5, 0.6) is 0 Å². The summed E-state index contributed by atoms with van der Waals surface area (Å²) in [6.07, 6.45) is 0. The Labute approximate surface area is 116 Å². The summed E-state index contributed by atoms with van der Waals surface area (Å²) >= 11 is 3.67. The van der Waals surface area contributed by atoms with Gasteiger partial charge in [0.1, 0.15) is 0 Å². The van der Waals surface area contributed by atoms with E-state index in [4.69, 9.17) is 4.74 Å². The van der Waals surface area contributed by atoms with E-state index in [0.717, 1.165) is 0 Å². The monoisotopic (exact) mass is 233 g/mol. The van der Waals surface area contributed by atoms with Crippen molar-refractivity contribution in [3.05, 3.63) is 35.4 Å². The van der Waals surface area contributed by atoms with Crippen molar-refractivity contribution < 1.29 is 14.3 Å². The molecule has 0 heterocycles. The summed E-state index contributed by atoms with van der Waals surface area (Å²) in [5.41, 5.74) is 0.531. The Hall–Kier alpha value is -0.290. The average Bonchev–Trinajstić information content (AvgIpc) is 2.18. The van der Waals surface area contributed by atoms with Gasteiger partial charge in [-0.3, -0.25) is 4.79 Å². The molecule has 1 aromatic carbocycles. The molecule has 0 unspecified atom stereocenters. The molecule has 5 heteroatoms. The van der Waals surface area contributed by atoms with Gasteiger partial charge in [-0.15, -0.1) is 12.6 Å². The zero-order chi connectivity index (χ0) is 10.6. The number of hydrogen-bond acceptors (Lipinski definition) is 3. The minimum atomic E-state index is -0.495. The van der Waals surface area contributed by atoms with E-state index in [9.17, 15) is 9.59 Å². The largest absolute Gasteiger partial charge is 0.462 e. The molecule has 1 radical (unpaired) electrons. The molecule has 0 N–H and O–H groups in total. The van der Waals surface area contributed by atoms with Crippen molar-refractivity contribution in [3.8, 4) is 0 Å². The number of thiol groups is 1. The molecular weight excluding hydrogens is 223 g/mol. The Morgan fingerprint density at radius 3 is 2.27 bits per heavy atom. The van der Waals surface area contributed by atoms with Gasteiger partial charge in [0.05, 0.1) is 12.2 Å². The maximum Gasteiger partial charge on any atom is 0.338 e. The number of carbonyl (C=O) groups is 2. The fraction of sp³-hybridized carbons (Fsp3) is 0.200. The average molecular weight is 233 g/mol. The predicted octanol–water partition coefficient (Wildman–Crippen LogP) is 1.55. The molecule has 0 atom stereocenters. The first-order valence-electron chi connectivity index (χ1n) is 4.16. The summed E-state index contributed by atoms with van der Waals surface area (Å²) in [4.78, 5) is 22.4. The van der Waals surface area contributed by atoms with E-state index in [1.54, 1.807) is 31.2 Å². The molecular formula is C10H10NaO3S. The van der Waals surface area contributed by atoms with Crippen LogP contribution in [0.25, 0.3) is 0 Å². The smallest absolute Gasteiger partial charge is 0.338 e. The molecule has 0 spiro atoms. The summed E-state index contributed by atoms with van der Waals surface area (Å²) in [6, 6.07) is 6.43. The van der Waals surface area contributed by atoms with E-state index in [-0.39, 0.29) is 47.3 Å². The Balaban J connectivity index is 0.00000196. The molecule has 0 fully saturated rings. The standard InChI is InChI=1S/C10H10O3S.Na/c1-2-13-9(11)7-5-3-4-6-8(7)10(12)14;/h3-6H,2H2,1H3,(H,12,14);. The summed E-state index contributed by atoms with van der Waals surface area (Å²) in [7, 11) is 0. The molecule has 1 rings (SSSR count). The van der Waals surface area contributed by atoms with Gasteiger partial charge in [-0.1, -0.05) is 12.1 Å². The van der Waals surface area contributed by atoms with Gasteiger partial charge in [0, 0.05) is 35.1 Å². The summed E-state index contributed by atoms with van der Waals surface area (Å²) < 4.78 is 4.79. The number of ether oxygens (including phenoxy) is 1. The quantitative estimate of drug-likeness (QED) is 0.489. The molecule has 0 amide bonds. The molecule has 3 nitrogen and oxygen atoms in total. The van der Waals surface area contributed by atoms with Gasteiger partial charge in [-0.25, -0.2) is 4.79 Å². The third-order valence-corrected chi connectivity index (χ3v) is 1.89. The van der Waals surface area contributed by atoms with Gasteiger partial charge in [0.15, 0.2) is 0 Å². The van der Waals surface area contributed by atoms with Crippen LogP contribution in [-0.4, -0.2) is 47.2 Å². The molecule has 0 saturated carbocycles. The third-order valence-electron chi connectivity index (χ3n) is 1.65. The van der Waals surface area contributed by atoms with Gasteiger partial charge in [-0.05, 0) is 19.1 Å². The van der Waals surface area contributed by atoms with E-state index in [1.165, 1.54) is 0 Å². The predicted molar refractivity (Wildman–Crippen MR) is 61.5 cm³/mol. The van der Waals surface area contributed by atoms with Crippen LogP contribution in [0.2, 0.25) is 0 Å². The van der Waals surface area contributed by atoms with Gasteiger partial charge in [0.25, 0.3) is 0 Å². The molecule has 0 aliphatic carbocycles. The molecule has 0 aromatic heterocycles. The molecule has 0 aliphatic rings. The van der Waals surface area contributed by atoms with Gasteiger partial charge in [0.2, 0.25) is 5.12 Å². The van der Waals surface area contributed by atoms with Crippen molar-refractivity contribution in [1.82, 2.24) is 0 Å². The van der Waals surface area contributed by atoms with E-state index in [2.05, 4.69) is 12.6 Å². The molecule has 0 bridgehead atoms. The first-order valence-corrected chi connectivity index (χ1v) is 4.61. The first kappa shape index (κ1) is 14.7. The van der Waals surface area contributed by atoms with Crippen LogP contribution in [0.1, 0.15) is 27.6 Å². The Morgan fingerprint density at radius 2 is 1.80 bits per heavy atom. The molecule has 15 heavy (non-hydrogen) atoms. The second-order valence-corrected chi connectivity index (χ2v) is 2.98. The Kier molecular flexibility index (Phi) is 6.92. The normalized spacial score (nSPS) is 8.93. The van der Waals surface area contributed by atoms with Crippen LogP contribution in [0.3, 0.4) is 0 Å². The van der Waals surface area contributed by atoms with E-state index in [0.29, 0.717) is 0 Å². The summed E-state index contributed by atoms with van der Waals surface area (Å²) in [5, 5.41) is -0.436. The molecule has 75 valence electrons. The van der Waals surface area contributed by atoms with Crippen LogP contribution in [0.15, 0.2) is 24.3 Å². The Morgan fingerprint density at radius 1 is 1.27 bits per heavy atom. The third kappa shape index (κ3) is 3.99. The maximum atomic E-state index is 11.4. The topological polar surface area (TPSA) is 43.4 Å². The van der Waals surface area contributed by atoms with Crippen LogP contribution in [0.4, 0.5) is 0 Å². The second-order valence-electron chi connectivity index (χ2n) is 2.57. The number of esters is 1. The van der Waals surface area contributed by atoms with Crippen molar-refractivity contribution >= 4 is 53.3 Å². The second kappa shape index (κ2) is 7.06. The first-order chi connectivity index (χ1) is 6.66. The molecule has 0 aliphatic heterocycles. The SMILES string of the molecule is CCOC(=O)c1ccccc1C(=O)S.[Na]. The van der Waals surface area contributed by atoms with Crippen LogP contribution >= 0.6 is 12.6 Å². The minimum Gasteiger partial charge on any atom is -0.462 e. The van der Waals surface area contributed by atoms with Crippen molar-refractivity contribution in [2.75, 3.05) is 6.61 Å². The zero-order valence-electron chi connectivity index (χ0n) is 8.69. The number of carbonyl (C=O) groups excluding carboxylic acids is 2. The summed E-state index contributed by atoms with van der Waals surface area (Å²) in [5.74, 6) is -0.495. The summed E-state index contributed by atoms with van der Waals surface area (Å²) in [6.45, 7) is 2.00. The van der Waals surface area contributed by atoms with E-state index >= 15 is 0 Å².